The van der Waals surface area contributed by atoms with Crippen LogP contribution in [0.15, 0.2) is 48.6 Å². The maximum atomic E-state index is 11.7. The molecule has 2 aromatic carbocycles. The van der Waals surface area contributed by atoms with Gasteiger partial charge in [-0.3, -0.25) is 10.1 Å². The summed E-state index contributed by atoms with van der Waals surface area (Å²) in [7, 11) is 1.36. The molecule has 4 rings (SSSR count). The summed E-state index contributed by atoms with van der Waals surface area (Å²) in [5.41, 5.74) is 4.35. The van der Waals surface area contributed by atoms with Gasteiger partial charge in [0.05, 0.1) is 29.2 Å². The molecule has 0 radical (unpaired) electrons. The molecule has 27 heavy (non-hydrogen) atoms. The summed E-state index contributed by atoms with van der Waals surface area (Å²) in [5.74, 6) is -0.163. The lowest BCUT2D eigenvalue weighted by molar-refractivity contribution is -0.385. The van der Waals surface area contributed by atoms with Crippen LogP contribution < -0.4 is 5.32 Å². The van der Waals surface area contributed by atoms with E-state index < -0.39 is 0 Å². The number of nitro benzene ring substituents is 1. The van der Waals surface area contributed by atoms with E-state index in [-0.39, 0.29) is 34.5 Å². The molecule has 6 nitrogen and oxygen atoms in total. The molecule has 1 aliphatic carbocycles. The van der Waals surface area contributed by atoms with Crippen molar-refractivity contribution in [3.63, 3.8) is 0 Å². The number of benzene rings is 2. The van der Waals surface area contributed by atoms with Gasteiger partial charge in [-0.2, -0.15) is 0 Å². The molecule has 0 saturated heterocycles. The highest BCUT2D eigenvalue weighted by atomic mass is 16.6. The number of allylic oxidation sites excluding steroid dienone is 2. The number of esters is 1. The molecule has 0 fully saturated rings. The number of anilines is 1. The Bertz CT molecular complexity index is 949. The molecule has 0 bridgehead atoms. The van der Waals surface area contributed by atoms with Gasteiger partial charge >= 0.3 is 5.97 Å². The van der Waals surface area contributed by atoms with Gasteiger partial charge in [0, 0.05) is 17.7 Å². The van der Waals surface area contributed by atoms with E-state index in [1.807, 2.05) is 19.1 Å². The van der Waals surface area contributed by atoms with E-state index in [0.29, 0.717) is 5.56 Å². The van der Waals surface area contributed by atoms with Crippen molar-refractivity contribution < 1.29 is 14.5 Å². The first-order valence-electron chi connectivity index (χ1n) is 8.90. The number of nitrogens with zero attached hydrogens (tertiary/aromatic N) is 1. The van der Waals surface area contributed by atoms with E-state index >= 15 is 0 Å². The average molecular weight is 364 g/mol. The molecule has 1 aliphatic heterocycles. The molecule has 1 N–H and O–H groups in total. The Labute approximate surface area is 157 Å². The van der Waals surface area contributed by atoms with Crippen LogP contribution in [0.25, 0.3) is 0 Å². The zero-order chi connectivity index (χ0) is 19.1. The van der Waals surface area contributed by atoms with Crippen LogP contribution in [0.3, 0.4) is 0 Å². The molecule has 0 amide bonds. The quantitative estimate of drug-likeness (QED) is 0.375. The Balaban J connectivity index is 1.77. The summed E-state index contributed by atoms with van der Waals surface area (Å²) in [5, 5.41) is 15.1. The van der Waals surface area contributed by atoms with Crippen LogP contribution in [0.5, 0.6) is 0 Å². The van der Waals surface area contributed by atoms with Gasteiger partial charge in [-0.05, 0) is 42.5 Å². The highest BCUT2D eigenvalue weighted by Gasteiger charge is 2.42. The number of methoxy groups -OCH3 is 1. The molecule has 0 spiro atoms. The summed E-state index contributed by atoms with van der Waals surface area (Å²) in [6, 6.07) is 10.8. The molecule has 1 heterocycles. The summed E-state index contributed by atoms with van der Waals surface area (Å²) in [6.45, 7) is 1.96. The van der Waals surface area contributed by atoms with Crippen LogP contribution in [0.1, 0.15) is 45.4 Å². The molecule has 6 heteroatoms. The van der Waals surface area contributed by atoms with Gasteiger partial charge in [-0.1, -0.05) is 30.4 Å². The van der Waals surface area contributed by atoms with Gasteiger partial charge < -0.3 is 10.1 Å². The lowest BCUT2D eigenvalue weighted by atomic mass is 9.75. The molecule has 2 aromatic rings. The Hall–Kier alpha value is -3.15. The van der Waals surface area contributed by atoms with Crippen LogP contribution in [0, 0.1) is 23.0 Å². The first-order valence-corrected chi connectivity index (χ1v) is 8.90. The van der Waals surface area contributed by atoms with E-state index in [1.54, 1.807) is 24.3 Å². The predicted molar refractivity (Wildman–Crippen MR) is 102 cm³/mol. The smallest absolute Gasteiger partial charge is 0.337 e. The Kier molecular flexibility index (Phi) is 4.18. The van der Waals surface area contributed by atoms with Gasteiger partial charge in [-0.25, -0.2) is 4.79 Å². The lowest BCUT2D eigenvalue weighted by Gasteiger charge is -2.38. The summed E-state index contributed by atoms with van der Waals surface area (Å²) >= 11 is 0. The molecule has 0 saturated carbocycles. The fraction of sp³-hybridized carbons (Fsp3) is 0.286. The second-order valence-corrected chi connectivity index (χ2v) is 7.04. The van der Waals surface area contributed by atoms with Crippen molar-refractivity contribution in [2.75, 3.05) is 12.4 Å². The van der Waals surface area contributed by atoms with Gasteiger partial charge in [0.1, 0.15) is 0 Å². The molecule has 2 unspecified atom stereocenters. The molecule has 3 atom stereocenters. The molecule has 138 valence electrons. The Morgan fingerprint density at radius 3 is 2.63 bits per heavy atom. The zero-order valence-electron chi connectivity index (χ0n) is 15.1. The number of aryl methyl sites for hydroxylation is 1. The fourth-order valence-electron chi connectivity index (χ4n) is 4.27. The van der Waals surface area contributed by atoms with Gasteiger partial charge in [0.2, 0.25) is 0 Å². The van der Waals surface area contributed by atoms with Crippen molar-refractivity contribution >= 4 is 17.3 Å². The topological polar surface area (TPSA) is 81.5 Å². The number of hydrogen-bond donors (Lipinski definition) is 1. The highest BCUT2D eigenvalue weighted by molar-refractivity contribution is 5.89. The molecular formula is C21H20N2O4. The van der Waals surface area contributed by atoms with Crippen molar-refractivity contribution in [1.82, 2.24) is 0 Å². The second-order valence-electron chi connectivity index (χ2n) is 7.04. The molecule has 2 aliphatic rings. The standard InChI is InChI=1S/C21H20N2O4/c1-12-6-11-17(23(25)26)18-15-4-3-5-16(15)20(22-19(12)18)13-7-9-14(10-8-13)21(24)27-2/h3-4,6-11,15-16,20,22H,5H2,1-2H3/t15?,16?,20-/m1/s1. The largest absolute Gasteiger partial charge is 0.465 e. The van der Waals surface area contributed by atoms with Crippen molar-refractivity contribution in [2.24, 2.45) is 5.92 Å². The van der Waals surface area contributed by atoms with Crippen LogP contribution >= 0.6 is 0 Å². The van der Waals surface area contributed by atoms with E-state index in [9.17, 15) is 14.9 Å². The van der Waals surface area contributed by atoms with Gasteiger partial charge in [-0.15, -0.1) is 0 Å². The van der Waals surface area contributed by atoms with Crippen molar-refractivity contribution in [1.29, 1.82) is 0 Å². The monoisotopic (exact) mass is 364 g/mol. The third-order valence-corrected chi connectivity index (χ3v) is 5.59. The maximum Gasteiger partial charge on any atom is 0.337 e. The number of rotatable bonds is 3. The number of hydrogen-bond acceptors (Lipinski definition) is 5. The van der Waals surface area contributed by atoms with Crippen LogP contribution in [0.2, 0.25) is 0 Å². The highest BCUT2D eigenvalue weighted by Crippen LogP contribution is 2.53. The van der Waals surface area contributed by atoms with Crippen LogP contribution in [0.4, 0.5) is 11.4 Å². The first-order chi connectivity index (χ1) is 13.0. The van der Waals surface area contributed by atoms with E-state index in [0.717, 1.165) is 28.8 Å². The zero-order valence-corrected chi connectivity index (χ0v) is 15.1. The molecular weight excluding hydrogens is 344 g/mol. The lowest BCUT2D eigenvalue weighted by Crippen LogP contribution is -2.30. The van der Waals surface area contributed by atoms with E-state index in [4.69, 9.17) is 4.74 Å². The minimum atomic E-state index is -0.365. The minimum Gasteiger partial charge on any atom is -0.465 e. The number of nitro groups is 1. The van der Waals surface area contributed by atoms with Crippen molar-refractivity contribution in [3.8, 4) is 0 Å². The van der Waals surface area contributed by atoms with Gasteiger partial charge in [0.15, 0.2) is 0 Å². The Morgan fingerprint density at radius 1 is 1.22 bits per heavy atom. The van der Waals surface area contributed by atoms with Gasteiger partial charge in [0.25, 0.3) is 5.69 Å². The average Bonchev–Trinajstić information content (AvgIpc) is 3.17. The third kappa shape index (κ3) is 2.77. The van der Waals surface area contributed by atoms with Crippen LogP contribution in [-0.4, -0.2) is 18.0 Å². The summed E-state index contributed by atoms with van der Waals surface area (Å²) in [4.78, 5) is 22.9. The number of ether oxygens (including phenoxy) is 1. The third-order valence-electron chi connectivity index (χ3n) is 5.59. The number of carbonyl (C=O) groups excluding carboxylic acids is 1. The predicted octanol–water partition coefficient (Wildman–Crippen LogP) is 4.52. The van der Waals surface area contributed by atoms with Crippen molar-refractivity contribution in [3.05, 3.63) is 80.9 Å². The van der Waals surface area contributed by atoms with Crippen LogP contribution in [-0.2, 0) is 4.74 Å². The SMILES string of the molecule is COC(=O)c1ccc([C@H]2Nc3c(C)ccc([N+](=O)[O-])c3C3C=CCC32)cc1. The van der Waals surface area contributed by atoms with Crippen molar-refractivity contribution in [2.45, 2.75) is 25.3 Å². The number of carbonyl (C=O) groups is 1. The Morgan fingerprint density at radius 2 is 1.96 bits per heavy atom. The number of fused-ring (bicyclic) bond motifs is 3. The second kappa shape index (κ2) is 6.54. The number of nitrogens with one attached hydrogen (secondary N) is 1. The van der Waals surface area contributed by atoms with E-state index in [2.05, 4.69) is 17.5 Å². The minimum absolute atomic E-state index is 0.00633. The molecule has 0 aromatic heterocycles. The first kappa shape index (κ1) is 17.3. The maximum absolute atomic E-state index is 11.7. The fourth-order valence-corrected chi connectivity index (χ4v) is 4.27. The normalized spacial score (nSPS) is 22.5. The van der Waals surface area contributed by atoms with E-state index in [1.165, 1.54) is 7.11 Å². The summed E-state index contributed by atoms with van der Waals surface area (Å²) in [6.07, 6.45) is 5.05. The summed E-state index contributed by atoms with van der Waals surface area (Å²) < 4.78 is 4.76.